The predicted octanol–water partition coefficient (Wildman–Crippen LogP) is -0.179. The van der Waals surface area contributed by atoms with Gasteiger partial charge in [0.1, 0.15) is 12.4 Å². The molecule has 1 aromatic carbocycles. The number of benzene rings is 1. The van der Waals surface area contributed by atoms with Crippen LogP contribution >= 0.6 is 0 Å². The number of hydrogen-bond donors (Lipinski definition) is 1. The number of ether oxygens (including phenoxy) is 1. The maximum absolute atomic E-state index is 5.72. The van der Waals surface area contributed by atoms with Gasteiger partial charge in [-0.05, 0) is 11.6 Å². The Balaban J connectivity index is 2.12. The lowest BCUT2D eigenvalue weighted by Crippen LogP contribution is -2.31. The maximum atomic E-state index is 5.72. The van der Waals surface area contributed by atoms with Crippen molar-refractivity contribution < 1.29 is 14.0 Å². The fraction of sp³-hybridized carbons (Fsp3) is 0.400. The molecule has 2 aliphatic rings. The predicted molar refractivity (Wildman–Crippen MR) is 56.2 cm³/mol. The molecule has 0 unspecified atom stereocenters. The molecule has 2 heterocycles. The molecule has 15 heavy (non-hydrogen) atoms. The quantitative estimate of drug-likeness (QED) is 0.646. The Bertz CT molecular complexity index is 385. The van der Waals surface area contributed by atoms with Crippen molar-refractivity contribution in [1.82, 2.24) is 0 Å². The summed E-state index contributed by atoms with van der Waals surface area (Å²) in [5, 5.41) is 0. The molecule has 0 radical (unpaired) electrons. The van der Waals surface area contributed by atoms with Crippen molar-refractivity contribution in [2.45, 2.75) is 6.10 Å². The van der Waals surface area contributed by atoms with E-state index in [1.165, 1.54) is 0 Å². The van der Waals surface area contributed by atoms with Crippen LogP contribution in [0, 0.1) is 0 Å². The molecular weight excluding hydrogens is 193 g/mol. The van der Waals surface area contributed by atoms with Crippen LogP contribution in [0.3, 0.4) is 0 Å². The second-order valence-electron chi connectivity index (χ2n) is 3.67. The van der Waals surface area contributed by atoms with Crippen LogP contribution in [-0.2, 0) is 9.31 Å². The van der Waals surface area contributed by atoms with Gasteiger partial charge < -0.3 is 19.8 Å². The zero-order valence-electron chi connectivity index (χ0n) is 8.31. The first-order valence-electron chi connectivity index (χ1n) is 5.13. The molecule has 78 valence electrons. The molecule has 0 saturated heterocycles. The Labute approximate surface area is 88.5 Å². The third-order valence-electron chi connectivity index (χ3n) is 2.79. The molecule has 0 bridgehead atoms. The van der Waals surface area contributed by atoms with E-state index in [1.54, 1.807) is 0 Å². The molecule has 0 saturated carbocycles. The van der Waals surface area contributed by atoms with Gasteiger partial charge >= 0.3 is 7.12 Å². The standard InChI is InChI=1S/C10H12BNO3/c12-6-9-7-2-1-3-8-10(7)11(15-9)14-5-4-13-8/h1-3,9H,4-6,12H2/t9-/m1/s1. The Morgan fingerprint density at radius 3 is 3.20 bits per heavy atom. The zero-order chi connectivity index (χ0) is 10.3. The molecule has 1 aromatic rings. The second-order valence-corrected chi connectivity index (χ2v) is 3.67. The van der Waals surface area contributed by atoms with Crippen LogP contribution in [0.25, 0.3) is 0 Å². The normalized spacial score (nSPS) is 23.3. The lowest BCUT2D eigenvalue weighted by molar-refractivity contribution is 0.147. The minimum atomic E-state index is -0.299. The molecule has 3 rings (SSSR count). The van der Waals surface area contributed by atoms with E-state index in [-0.39, 0.29) is 13.2 Å². The fourth-order valence-electron chi connectivity index (χ4n) is 2.12. The average Bonchev–Trinajstić information content (AvgIpc) is 2.50. The summed E-state index contributed by atoms with van der Waals surface area (Å²) in [5.41, 5.74) is 7.77. The van der Waals surface area contributed by atoms with Crippen LogP contribution in [-0.4, -0.2) is 26.9 Å². The SMILES string of the molecule is NC[C@H]1OB2OCCOc3cccc1c32. The van der Waals surface area contributed by atoms with Crippen LogP contribution < -0.4 is 15.9 Å². The Kier molecular flexibility index (Phi) is 2.16. The summed E-state index contributed by atoms with van der Waals surface area (Å²) in [6.45, 7) is 1.59. The van der Waals surface area contributed by atoms with Crippen LogP contribution in [0.5, 0.6) is 5.75 Å². The topological polar surface area (TPSA) is 53.7 Å². The molecule has 5 heteroatoms. The summed E-state index contributed by atoms with van der Waals surface area (Å²) in [6.07, 6.45) is -0.0633. The van der Waals surface area contributed by atoms with E-state index in [4.69, 9.17) is 19.8 Å². The van der Waals surface area contributed by atoms with Gasteiger partial charge in [-0.1, -0.05) is 12.1 Å². The molecule has 0 aromatic heterocycles. The van der Waals surface area contributed by atoms with Crippen molar-refractivity contribution in [2.24, 2.45) is 5.73 Å². The third kappa shape index (κ3) is 1.35. The highest BCUT2D eigenvalue weighted by molar-refractivity contribution is 6.64. The summed E-state index contributed by atoms with van der Waals surface area (Å²) >= 11 is 0. The van der Waals surface area contributed by atoms with E-state index in [1.807, 2.05) is 18.2 Å². The average molecular weight is 205 g/mol. The van der Waals surface area contributed by atoms with Gasteiger partial charge in [-0.2, -0.15) is 0 Å². The highest BCUT2D eigenvalue weighted by atomic mass is 16.6. The highest BCUT2D eigenvalue weighted by Crippen LogP contribution is 2.29. The van der Waals surface area contributed by atoms with E-state index < -0.39 is 0 Å². The van der Waals surface area contributed by atoms with Crippen LogP contribution in [0.1, 0.15) is 11.7 Å². The van der Waals surface area contributed by atoms with Gasteiger partial charge in [0.2, 0.25) is 0 Å². The summed E-state index contributed by atoms with van der Waals surface area (Å²) < 4.78 is 16.9. The van der Waals surface area contributed by atoms with Gasteiger partial charge in [0, 0.05) is 12.0 Å². The van der Waals surface area contributed by atoms with Gasteiger partial charge in [-0.3, -0.25) is 0 Å². The van der Waals surface area contributed by atoms with Crippen LogP contribution in [0.15, 0.2) is 18.2 Å². The molecule has 1 atom stereocenters. The minimum Gasteiger partial charge on any atom is -0.492 e. The van der Waals surface area contributed by atoms with Gasteiger partial charge in [-0.25, -0.2) is 0 Å². The lowest BCUT2D eigenvalue weighted by Gasteiger charge is -2.11. The van der Waals surface area contributed by atoms with Crippen molar-refractivity contribution >= 4 is 12.6 Å². The van der Waals surface area contributed by atoms with E-state index in [0.717, 1.165) is 16.8 Å². The lowest BCUT2D eigenvalue weighted by atomic mass is 9.78. The molecule has 0 aliphatic carbocycles. The van der Waals surface area contributed by atoms with E-state index in [0.29, 0.717) is 19.8 Å². The number of hydrogen-bond acceptors (Lipinski definition) is 4. The van der Waals surface area contributed by atoms with Crippen molar-refractivity contribution in [2.75, 3.05) is 19.8 Å². The number of nitrogens with two attached hydrogens (primary N) is 1. The van der Waals surface area contributed by atoms with Crippen LogP contribution in [0.2, 0.25) is 0 Å². The van der Waals surface area contributed by atoms with Gasteiger partial charge in [-0.15, -0.1) is 0 Å². The maximum Gasteiger partial charge on any atom is 0.498 e. The first-order chi connectivity index (χ1) is 7.40. The monoisotopic (exact) mass is 205 g/mol. The largest absolute Gasteiger partial charge is 0.498 e. The molecule has 2 aliphatic heterocycles. The van der Waals surface area contributed by atoms with E-state index >= 15 is 0 Å². The zero-order valence-corrected chi connectivity index (χ0v) is 8.31. The number of rotatable bonds is 1. The molecule has 0 amide bonds. The summed E-state index contributed by atoms with van der Waals surface area (Å²) in [5.74, 6) is 0.867. The summed E-state index contributed by atoms with van der Waals surface area (Å²) in [6, 6.07) is 5.94. The van der Waals surface area contributed by atoms with Gasteiger partial charge in [0.25, 0.3) is 0 Å². The van der Waals surface area contributed by atoms with Crippen molar-refractivity contribution in [3.8, 4) is 5.75 Å². The van der Waals surface area contributed by atoms with Crippen molar-refractivity contribution in [3.63, 3.8) is 0 Å². The Morgan fingerprint density at radius 1 is 1.40 bits per heavy atom. The smallest absolute Gasteiger partial charge is 0.492 e. The molecule has 0 fully saturated rings. The Hall–Kier alpha value is -1.04. The van der Waals surface area contributed by atoms with Crippen LogP contribution in [0.4, 0.5) is 0 Å². The minimum absolute atomic E-state index is 0.0633. The molecule has 0 spiro atoms. The van der Waals surface area contributed by atoms with E-state index in [9.17, 15) is 0 Å². The van der Waals surface area contributed by atoms with Gasteiger partial charge in [0.05, 0.1) is 12.7 Å². The first kappa shape index (κ1) is 9.21. The summed E-state index contributed by atoms with van der Waals surface area (Å²) in [7, 11) is -0.299. The van der Waals surface area contributed by atoms with Crippen molar-refractivity contribution in [1.29, 1.82) is 0 Å². The van der Waals surface area contributed by atoms with Gasteiger partial charge in [0.15, 0.2) is 0 Å². The molecule has 2 N–H and O–H groups in total. The molecular formula is C10H12BNO3. The van der Waals surface area contributed by atoms with E-state index in [2.05, 4.69) is 0 Å². The third-order valence-corrected chi connectivity index (χ3v) is 2.79. The summed E-state index contributed by atoms with van der Waals surface area (Å²) in [4.78, 5) is 0. The second kappa shape index (κ2) is 3.52. The molecule has 4 nitrogen and oxygen atoms in total. The fourth-order valence-corrected chi connectivity index (χ4v) is 2.12. The Morgan fingerprint density at radius 2 is 2.33 bits per heavy atom. The highest BCUT2D eigenvalue weighted by Gasteiger charge is 2.40. The van der Waals surface area contributed by atoms with Crippen molar-refractivity contribution in [3.05, 3.63) is 23.8 Å². The first-order valence-corrected chi connectivity index (χ1v) is 5.13.